The van der Waals surface area contributed by atoms with Crippen LogP contribution >= 0.6 is 11.3 Å². The van der Waals surface area contributed by atoms with Crippen LogP contribution in [0, 0.1) is 0 Å². The van der Waals surface area contributed by atoms with E-state index in [1.54, 1.807) is 17.5 Å². The van der Waals surface area contributed by atoms with E-state index in [1.165, 1.54) is 0 Å². The van der Waals surface area contributed by atoms with E-state index in [1.807, 2.05) is 17.2 Å². The molecule has 2 unspecified atom stereocenters. The zero-order chi connectivity index (χ0) is 13.7. The average Bonchev–Trinajstić information content (AvgIpc) is 2.98. The number of carbonyl (C=O) groups is 1. The number of hydrogen-bond donors (Lipinski definition) is 1. The van der Waals surface area contributed by atoms with Crippen molar-refractivity contribution >= 4 is 17.2 Å². The van der Waals surface area contributed by atoms with Gasteiger partial charge in [-0.05, 0) is 13.3 Å². The standard InChI is InChI=1S/C13H21N3O2S/c1-3-11(12-14-4-9-19-12)15-10(2)13(17)16-5-7-18-8-6-16/h4,9-11,15H,3,5-8H2,1-2H3. The van der Waals surface area contributed by atoms with Crippen LogP contribution in [0.5, 0.6) is 0 Å². The van der Waals surface area contributed by atoms with E-state index in [-0.39, 0.29) is 18.0 Å². The third kappa shape index (κ3) is 3.75. The first-order valence-corrected chi connectivity index (χ1v) is 7.62. The summed E-state index contributed by atoms with van der Waals surface area (Å²) in [6.45, 7) is 6.70. The highest BCUT2D eigenvalue weighted by molar-refractivity contribution is 7.09. The van der Waals surface area contributed by atoms with Crippen molar-refractivity contribution in [1.82, 2.24) is 15.2 Å². The van der Waals surface area contributed by atoms with Crippen LogP contribution in [0.4, 0.5) is 0 Å². The molecule has 2 rings (SSSR count). The first-order valence-electron chi connectivity index (χ1n) is 6.74. The van der Waals surface area contributed by atoms with Gasteiger partial charge in [0, 0.05) is 24.7 Å². The van der Waals surface area contributed by atoms with Crippen molar-refractivity contribution in [2.24, 2.45) is 0 Å². The molecule has 2 atom stereocenters. The number of aromatic nitrogens is 1. The highest BCUT2D eigenvalue weighted by Crippen LogP contribution is 2.19. The topological polar surface area (TPSA) is 54.5 Å². The van der Waals surface area contributed by atoms with Gasteiger partial charge in [-0.3, -0.25) is 10.1 Å². The van der Waals surface area contributed by atoms with Gasteiger partial charge in [-0.15, -0.1) is 11.3 Å². The zero-order valence-corrected chi connectivity index (χ0v) is 12.3. The Bertz CT molecular complexity index is 391. The maximum atomic E-state index is 12.3. The molecule has 6 heteroatoms. The first-order chi connectivity index (χ1) is 9.22. The summed E-state index contributed by atoms with van der Waals surface area (Å²) < 4.78 is 5.27. The second-order valence-electron chi connectivity index (χ2n) is 4.66. The summed E-state index contributed by atoms with van der Waals surface area (Å²) in [5.41, 5.74) is 0. The van der Waals surface area contributed by atoms with Gasteiger partial charge in [0.15, 0.2) is 0 Å². The molecule has 1 aromatic heterocycles. The lowest BCUT2D eigenvalue weighted by Crippen LogP contribution is -2.49. The SMILES string of the molecule is CCC(NC(C)C(=O)N1CCOCC1)c1nccs1. The van der Waals surface area contributed by atoms with E-state index < -0.39 is 0 Å². The van der Waals surface area contributed by atoms with Crippen molar-refractivity contribution in [2.75, 3.05) is 26.3 Å². The Balaban J connectivity index is 1.91. The van der Waals surface area contributed by atoms with Crippen molar-refractivity contribution < 1.29 is 9.53 Å². The van der Waals surface area contributed by atoms with E-state index in [9.17, 15) is 4.79 Å². The Labute approximate surface area is 118 Å². The van der Waals surface area contributed by atoms with Gasteiger partial charge in [-0.25, -0.2) is 4.98 Å². The Morgan fingerprint density at radius 3 is 2.89 bits per heavy atom. The van der Waals surface area contributed by atoms with Gasteiger partial charge >= 0.3 is 0 Å². The minimum absolute atomic E-state index is 0.151. The lowest BCUT2D eigenvalue weighted by Gasteiger charge is -2.30. The third-order valence-electron chi connectivity index (χ3n) is 3.30. The number of hydrogen-bond acceptors (Lipinski definition) is 5. The molecule has 0 spiro atoms. The maximum Gasteiger partial charge on any atom is 0.239 e. The van der Waals surface area contributed by atoms with Gasteiger partial charge in [-0.1, -0.05) is 6.92 Å². The van der Waals surface area contributed by atoms with Crippen molar-refractivity contribution in [3.63, 3.8) is 0 Å². The molecule has 2 heterocycles. The minimum atomic E-state index is -0.188. The lowest BCUT2D eigenvalue weighted by molar-refractivity contribution is -0.137. The fraction of sp³-hybridized carbons (Fsp3) is 0.692. The normalized spacial score (nSPS) is 19.2. The number of thiazole rings is 1. The molecular formula is C13H21N3O2S. The maximum absolute atomic E-state index is 12.3. The Hall–Kier alpha value is -0.980. The van der Waals surface area contributed by atoms with Gasteiger partial charge in [0.25, 0.3) is 0 Å². The minimum Gasteiger partial charge on any atom is -0.378 e. The van der Waals surface area contributed by atoms with Crippen LogP contribution in [0.25, 0.3) is 0 Å². The van der Waals surface area contributed by atoms with Gasteiger partial charge in [0.05, 0.1) is 25.3 Å². The molecule has 0 aliphatic carbocycles. The highest BCUT2D eigenvalue weighted by atomic mass is 32.1. The second-order valence-corrected chi connectivity index (χ2v) is 5.58. The molecule has 0 saturated carbocycles. The summed E-state index contributed by atoms with van der Waals surface area (Å²) in [6, 6.07) is -0.0352. The summed E-state index contributed by atoms with van der Waals surface area (Å²) in [6.07, 6.45) is 2.73. The highest BCUT2D eigenvalue weighted by Gasteiger charge is 2.25. The molecule has 1 aliphatic heterocycles. The largest absolute Gasteiger partial charge is 0.378 e. The second kappa shape index (κ2) is 6.98. The average molecular weight is 283 g/mol. The van der Waals surface area contributed by atoms with Crippen LogP contribution in [0.15, 0.2) is 11.6 Å². The molecule has 1 saturated heterocycles. The molecule has 1 amide bonds. The van der Waals surface area contributed by atoms with Crippen LogP contribution in [0.3, 0.4) is 0 Å². The van der Waals surface area contributed by atoms with Gasteiger partial charge in [0.2, 0.25) is 5.91 Å². The molecule has 0 radical (unpaired) electrons. The predicted octanol–water partition coefficient (Wildman–Crippen LogP) is 1.43. The number of carbonyl (C=O) groups excluding carboxylic acids is 1. The number of amides is 1. The van der Waals surface area contributed by atoms with Gasteiger partial charge in [0.1, 0.15) is 5.01 Å². The molecule has 0 bridgehead atoms. The van der Waals surface area contributed by atoms with Crippen molar-refractivity contribution in [1.29, 1.82) is 0 Å². The number of morpholine rings is 1. The molecule has 106 valence electrons. The lowest BCUT2D eigenvalue weighted by atomic mass is 10.2. The predicted molar refractivity (Wildman–Crippen MR) is 75.1 cm³/mol. The molecule has 19 heavy (non-hydrogen) atoms. The summed E-state index contributed by atoms with van der Waals surface area (Å²) in [7, 11) is 0. The van der Waals surface area contributed by atoms with E-state index >= 15 is 0 Å². The van der Waals surface area contributed by atoms with Crippen molar-refractivity contribution in [3.8, 4) is 0 Å². The van der Waals surface area contributed by atoms with Crippen LogP contribution in [-0.4, -0.2) is 48.1 Å². The van der Waals surface area contributed by atoms with Crippen LogP contribution in [0.2, 0.25) is 0 Å². The smallest absolute Gasteiger partial charge is 0.239 e. The third-order valence-corrected chi connectivity index (χ3v) is 4.19. The van der Waals surface area contributed by atoms with E-state index in [0.29, 0.717) is 26.3 Å². The molecule has 1 N–H and O–H groups in total. The van der Waals surface area contributed by atoms with Crippen LogP contribution in [0.1, 0.15) is 31.3 Å². The Kier molecular flexibility index (Phi) is 5.30. The van der Waals surface area contributed by atoms with Crippen LogP contribution < -0.4 is 5.32 Å². The molecule has 1 aromatic rings. The fourth-order valence-electron chi connectivity index (χ4n) is 2.20. The monoisotopic (exact) mass is 283 g/mol. The summed E-state index contributed by atoms with van der Waals surface area (Å²) in [5.74, 6) is 0.151. The molecule has 0 aromatic carbocycles. The molecule has 1 fully saturated rings. The Morgan fingerprint density at radius 1 is 1.58 bits per heavy atom. The molecular weight excluding hydrogens is 262 g/mol. The van der Waals surface area contributed by atoms with E-state index in [0.717, 1.165) is 11.4 Å². The van der Waals surface area contributed by atoms with Gasteiger partial charge < -0.3 is 9.64 Å². The van der Waals surface area contributed by atoms with E-state index in [2.05, 4.69) is 17.2 Å². The number of ether oxygens (including phenoxy) is 1. The fourth-order valence-corrected chi connectivity index (χ4v) is 2.98. The number of nitrogens with zero attached hydrogens (tertiary/aromatic N) is 2. The summed E-state index contributed by atoms with van der Waals surface area (Å²) in [5, 5.41) is 6.39. The zero-order valence-electron chi connectivity index (χ0n) is 11.5. The quantitative estimate of drug-likeness (QED) is 0.888. The molecule has 5 nitrogen and oxygen atoms in total. The first kappa shape index (κ1) is 14.4. The Morgan fingerprint density at radius 2 is 2.32 bits per heavy atom. The summed E-state index contributed by atoms with van der Waals surface area (Å²) >= 11 is 1.63. The number of nitrogens with one attached hydrogen (secondary N) is 1. The summed E-state index contributed by atoms with van der Waals surface area (Å²) in [4.78, 5) is 18.5. The van der Waals surface area contributed by atoms with Crippen molar-refractivity contribution in [3.05, 3.63) is 16.6 Å². The molecule has 1 aliphatic rings. The number of rotatable bonds is 5. The van der Waals surface area contributed by atoms with Crippen molar-refractivity contribution in [2.45, 2.75) is 32.4 Å². The van der Waals surface area contributed by atoms with Gasteiger partial charge in [-0.2, -0.15) is 0 Å². The van der Waals surface area contributed by atoms with E-state index in [4.69, 9.17) is 4.74 Å². The van der Waals surface area contributed by atoms with Crippen LogP contribution in [-0.2, 0) is 9.53 Å².